The first-order chi connectivity index (χ1) is 15.5. The highest BCUT2D eigenvalue weighted by molar-refractivity contribution is 7.16. The van der Waals surface area contributed by atoms with Gasteiger partial charge in [-0.2, -0.15) is 5.26 Å². The van der Waals surface area contributed by atoms with Gasteiger partial charge in [-0.3, -0.25) is 14.4 Å². The SMILES string of the molecule is N#Cc1c(NC(=O)COC(=O)CCCNC(=O)c2ccc(Cl)cc2)sc2c1CCCCC2. The van der Waals surface area contributed by atoms with Crippen molar-refractivity contribution in [3.05, 3.63) is 50.9 Å². The van der Waals surface area contributed by atoms with E-state index >= 15 is 0 Å². The van der Waals surface area contributed by atoms with Gasteiger partial charge < -0.3 is 15.4 Å². The van der Waals surface area contributed by atoms with Crippen LogP contribution in [0.25, 0.3) is 0 Å². The number of anilines is 1. The Kier molecular flexibility index (Phi) is 8.65. The van der Waals surface area contributed by atoms with Crippen molar-refractivity contribution in [2.75, 3.05) is 18.5 Å². The highest BCUT2D eigenvalue weighted by Gasteiger charge is 2.21. The van der Waals surface area contributed by atoms with Crippen LogP contribution in [-0.2, 0) is 27.2 Å². The maximum atomic E-state index is 12.2. The normalized spacial score (nSPS) is 12.8. The first kappa shape index (κ1) is 23.8. The molecule has 0 fully saturated rings. The van der Waals surface area contributed by atoms with Crippen molar-refractivity contribution in [3.63, 3.8) is 0 Å². The van der Waals surface area contributed by atoms with Gasteiger partial charge in [0.2, 0.25) is 0 Å². The van der Waals surface area contributed by atoms with Gasteiger partial charge >= 0.3 is 5.97 Å². The third-order valence-electron chi connectivity index (χ3n) is 5.10. The maximum absolute atomic E-state index is 12.2. The maximum Gasteiger partial charge on any atom is 0.306 e. The van der Waals surface area contributed by atoms with Crippen LogP contribution in [-0.4, -0.2) is 30.9 Å². The number of thiophene rings is 1. The molecular weight excluding hydrogens is 450 g/mol. The third-order valence-corrected chi connectivity index (χ3v) is 6.56. The van der Waals surface area contributed by atoms with Crippen LogP contribution in [0.2, 0.25) is 5.02 Å². The largest absolute Gasteiger partial charge is 0.456 e. The lowest BCUT2D eigenvalue weighted by atomic mass is 10.1. The first-order valence-electron chi connectivity index (χ1n) is 10.5. The summed E-state index contributed by atoms with van der Waals surface area (Å²) in [5.74, 6) is -1.25. The van der Waals surface area contributed by atoms with Gasteiger partial charge in [-0.25, -0.2) is 0 Å². The standard InChI is InChI=1S/C23H24ClN3O4S/c24-16-10-8-15(9-11-16)22(30)26-12-4-7-21(29)31-14-20(28)27-23-18(13-25)17-5-2-1-3-6-19(17)32-23/h8-11H,1-7,12,14H2,(H,26,30)(H,27,28). The number of carbonyl (C=O) groups excluding carboxylic acids is 3. The lowest BCUT2D eigenvalue weighted by Crippen LogP contribution is -2.25. The molecular formula is C23H24ClN3O4S. The Morgan fingerprint density at radius 1 is 1.12 bits per heavy atom. The molecule has 0 aliphatic heterocycles. The number of aryl methyl sites for hydroxylation is 1. The molecule has 32 heavy (non-hydrogen) atoms. The van der Waals surface area contributed by atoms with E-state index in [1.54, 1.807) is 24.3 Å². The quantitative estimate of drug-likeness (QED) is 0.338. The molecule has 0 saturated heterocycles. The minimum Gasteiger partial charge on any atom is -0.456 e. The molecule has 7 nitrogen and oxygen atoms in total. The summed E-state index contributed by atoms with van der Waals surface area (Å²) in [7, 11) is 0. The number of amides is 2. The zero-order chi connectivity index (χ0) is 22.9. The summed E-state index contributed by atoms with van der Waals surface area (Å²) < 4.78 is 5.02. The number of hydrogen-bond donors (Lipinski definition) is 2. The number of nitrogens with one attached hydrogen (secondary N) is 2. The fraction of sp³-hybridized carbons (Fsp3) is 0.391. The molecule has 0 bridgehead atoms. The molecule has 0 spiro atoms. The van der Waals surface area contributed by atoms with E-state index < -0.39 is 18.5 Å². The first-order valence-corrected chi connectivity index (χ1v) is 11.7. The number of rotatable bonds is 8. The Morgan fingerprint density at radius 2 is 1.88 bits per heavy atom. The van der Waals surface area contributed by atoms with Gasteiger partial charge in [-0.15, -0.1) is 11.3 Å². The van der Waals surface area contributed by atoms with Crippen LogP contribution in [0, 0.1) is 11.3 Å². The van der Waals surface area contributed by atoms with Gasteiger partial charge in [-0.1, -0.05) is 18.0 Å². The van der Waals surface area contributed by atoms with Crippen molar-refractivity contribution in [2.45, 2.75) is 44.9 Å². The van der Waals surface area contributed by atoms with Crippen LogP contribution in [0.15, 0.2) is 24.3 Å². The summed E-state index contributed by atoms with van der Waals surface area (Å²) in [6, 6.07) is 8.70. The predicted molar refractivity (Wildman–Crippen MR) is 123 cm³/mol. The van der Waals surface area contributed by atoms with E-state index in [1.807, 2.05) is 0 Å². The molecule has 1 heterocycles. The highest BCUT2D eigenvalue weighted by Crippen LogP contribution is 2.36. The topological polar surface area (TPSA) is 108 Å². The van der Waals surface area contributed by atoms with E-state index in [0.717, 1.165) is 42.5 Å². The number of esters is 1. The molecule has 1 aromatic carbocycles. The fourth-order valence-electron chi connectivity index (χ4n) is 3.47. The number of carbonyl (C=O) groups is 3. The molecule has 0 unspecified atom stereocenters. The van der Waals surface area contributed by atoms with Crippen molar-refractivity contribution < 1.29 is 19.1 Å². The van der Waals surface area contributed by atoms with Gasteiger partial charge in [0.05, 0.1) is 5.56 Å². The Hall–Kier alpha value is -2.89. The van der Waals surface area contributed by atoms with Crippen molar-refractivity contribution in [1.29, 1.82) is 5.26 Å². The zero-order valence-electron chi connectivity index (χ0n) is 17.5. The number of benzene rings is 1. The van der Waals surface area contributed by atoms with Crippen LogP contribution >= 0.6 is 22.9 Å². The molecule has 1 aromatic heterocycles. The summed E-state index contributed by atoms with van der Waals surface area (Å²) in [4.78, 5) is 37.2. The van der Waals surface area contributed by atoms with Crippen LogP contribution < -0.4 is 10.6 Å². The number of halogens is 1. The monoisotopic (exact) mass is 473 g/mol. The van der Waals surface area contributed by atoms with Crippen LogP contribution in [0.5, 0.6) is 0 Å². The molecule has 0 saturated carbocycles. The molecule has 1 aliphatic carbocycles. The van der Waals surface area contributed by atoms with Crippen molar-refractivity contribution in [2.24, 2.45) is 0 Å². The molecule has 168 valence electrons. The Labute approximate surface area is 195 Å². The van der Waals surface area contributed by atoms with E-state index in [1.165, 1.54) is 11.3 Å². The highest BCUT2D eigenvalue weighted by atomic mass is 35.5. The third kappa shape index (κ3) is 6.55. The second kappa shape index (κ2) is 11.7. The fourth-order valence-corrected chi connectivity index (χ4v) is 4.85. The summed E-state index contributed by atoms with van der Waals surface area (Å²) >= 11 is 7.23. The van der Waals surface area contributed by atoms with Crippen molar-refractivity contribution in [3.8, 4) is 6.07 Å². The van der Waals surface area contributed by atoms with Crippen LogP contribution in [0.1, 0.15) is 58.5 Å². The van der Waals surface area contributed by atoms with Gasteiger partial charge in [0.25, 0.3) is 11.8 Å². The Morgan fingerprint density at radius 3 is 2.62 bits per heavy atom. The summed E-state index contributed by atoms with van der Waals surface area (Å²) in [6.45, 7) is -0.113. The van der Waals surface area contributed by atoms with Crippen molar-refractivity contribution in [1.82, 2.24) is 5.32 Å². The van der Waals surface area contributed by atoms with Crippen LogP contribution in [0.4, 0.5) is 5.00 Å². The lowest BCUT2D eigenvalue weighted by molar-refractivity contribution is -0.147. The second-order valence-electron chi connectivity index (χ2n) is 7.46. The molecule has 1 aliphatic rings. The molecule has 2 aromatic rings. The van der Waals surface area contributed by atoms with Gasteiger partial charge in [0, 0.05) is 28.4 Å². The molecule has 3 rings (SSSR count). The smallest absolute Gasteiger partial charge is 0.306 e. The van der Waals surface area contributed by atoms with E-state index in [4.69, 9.17) is 16.3 Å². The number of nitriles is 1. The number of fused-ring (bicyclic) bond motifs is 1. The minimum atomic E-state index is -0.525. The summed E-state index contributed by atoms with van der Waals surface area (Å²) in [6.07, 6.45) is 5.52. The molecule has 0 radical (unpaired) electrons. The Bertz CT molecular complexity index is 1030. The van der Waals surface area contributed by atoms with E-state index in [0.29, 0.717) is 34.1 Å². The lowest BCUT2D eigenvalue weighted by Gasteiger charge is -2.07. The van der Waals surface area contributed by atoms with E-state index in [2.05, 4.69) is 16.7 Å². The van der Waals surface area contributed by atoms with Gasteiger partial charge in [-0.05, 0) is 61.9 Å². The zero-order valence-corrected chi connectivity index (χ0v) is 19.1. The predicted octanol–water partition coefficient (Wildman–Crippen LogP) is 4.23. The average molecular weight is 474 g/mol. The Balaban J connectivity index is 1.38. The van der Waals surface area contributed by atoms with Gasteiger partial charge in [0.15, 0.2) is 6.61 Å². The minimum absolute atomic E-state index is 0.0743. The number of nitrogens with zero attached hydrogens (tertiary/aromatic N) is 1. The number of ether oxygens (including phenoxy) is 1. The molecule has 0 atom stereocenters. The molecule has 9 heteroatoms. The van der Waals surface area contributed by atoms with E-state index in [9.17, 15) is 19.6 Å². The number of hydrogen-bond acceptors (Lipinski definition) is 6. The average Bonchev–Trinajstić information content (AvgIpc) is 2.94. The molecule has 2 N–H and O–H groups in total. The summed E-state index contributed by atoms with van der Waals surface area (Å²) in [5.41, 5.74) is 2.06. The summed E-state index contributed by atoms with van der Waals surface area (Å²) in [5, 5.41) is 16.0. The van der Waals surface area contributed by atoms with Crippen LogP contribution in [0.3, 0.4) is 0 Å². The van der Waals surface area contributed by atoms with Gasteiger partial charge in [0.1, 0.15) is 11.1 Å². The molecule has 2 amide bonds. The van der Waals surface area contributed by atoms with E-state index in [-0.39, 0.29) is 12.3 Å². The second-order valence-corrected chi connectivity index (χ2v) is 9.00. The van der Waals surface area contributed by atoms with Crippen molar-refractivity contribution >= 4 is 45.7 Å².